The average molecular weight is 667 g/mol. The van der Waals surface area contributed by atoms with Crippen molar-refractivity contribution in [2.75, 3.05) is 27.9 Å². The lowest BCUT2D eigenvalue weighted by Crippen LogP contribution is -2.64. The van der Waals surface area contributed by atoms with Gasteiger partial charge in [0.05, 0.1) is 25.9 Å². The molecular formula is C37H46O11. The van der Waals surface area contributed by atoms with Gasteiger partial charge in [0, 0.05) is 27.2 Å². The number of benzene rings is 3. The number of methoxy groups -OCH3 is 3. The Bertz CT molecular complexity index is 1360. The molecule has 3 aromatic carbocycles. The summed E-state index contributed by atoms with van der Waals surface area (Å²) in [4.78, 5) is 13.3. The van der Waals surface area contributed by atoms with E-state index in [9.17, 15) is 9.90 Å². The quantitative estimate of drug-likeness (QED) is 0.237. The monoisotopic (exact) mass is 666 g/mol. The van der Waals surface area contributed by atoms with Crippen molar-refractivity contribution in [2.45, 2.75) is 82.1 Å². The van der Waals surface area contributed by atoms with E-state index in [1.165, 1.54) is 14.2 Å². The van der Waals surface area contributed by atoms with Gasteiger partial charge in [-0.15, -0.1) is 0 Å². The van der Waals surface area contributed by atoms with E-state index in [0.717, 1.165) is 16.7 Å². The van der Waals surface area contributed by atoms with Gasteiger partial charge >= 0.3 is 5.97 Å². The van der Waals surface area contributed by atoms with Crippen LogP contribution in [0, 0.1) is 5.92 Å². The van der Waals surface area contributed by atoms with Gasteiger partial charge in [0.1, 0.15) is 37.1 Å². The highest BCUT2D eigenvalue weighted by Gasteiger charge is 2.53. The Morgan fingerprint density at radius 3 is 1.79 bits per heavy atom. The minimum atomic E-state index is -1.40. The Balaban J connectivity index is 1.36. The van der Waals surface area contributed by atoms with E-state index in [0.29, 0.717) is 13.2 Å². The topological polar surface area (TPSA) is 120 Å². The molecule has 0 amide bonds. The maximum atomic E-state index is 13.3. The standard InChI is InChI=1S/C37H46O11/c1-24-30(47-37-34(41-3)32(40-2)29(38)33(48-37)35(39)45-22-27-18-12-7-13-19-27)28(23-43-20-25-14-8-5-9-15-25)46-36(42-4)31(24)44-21-26-16-10-6-11-17-26/h5-19,24,28-34,36-38H,20-23H2,1-4H3/t24?,28-,29-,30+,31?,32-,33?,34?,36+,37-/m1/s1. The maximum Gasteiger partial charge on any atom is 0.338 e. The number of aliphatic hydroxyl groups excluding tert-OH is 1. The highest BCUT2D eigenvalue weighted by Crippen LogP contribution is 2.36. The first-order valence-corrected chi connectivity index (χ1v) is 16.1. The van der Waals surface area contributed by atoms with Crippen molar-refractivity contribution in [3.05, 3.63) is 108 Å². The zero-order valence-electron chi connectivity index (χ0n) is 27.8. The Morgan fingerprint density at radius 1 is 0.667 bits per heavy atom. The Morgan fingerprint density at radius 2 is 1.23 bits per heavy atom. The summed E-state index contributed by atoms with van der Waals surface area (Å²) >= 11 is 0. The van der Waals surface area contributed by atoms with Crippen LogP contribution >= 0.6 is 0 Å². The summed E-state index contributed by atoms with van der Waals surface area (Å²) in [6.45, 7) is 2.85. The molecule has 2 saturated heterocycles. The average Bonchev–Trinajstić information content (AvgIpc) is 3.12. The molecule has 2 fully saturated rings. The van der Waals surface area contributed by atoms with Crippen LogP contribution in [0.15, 0.2) is 91.0 Å². The van der Waals surface area contributed by atoms with Crippen LogP contribution in [0.3, 0.4) is 0 Å². The van der Waals surface area contributed by atoms with Crippen molar-refractivity contribution in [1.29, 1.82) is 0 Å². The third kappa shape index (κ3) is 9.06. The number of hydrogen-bond acceptors (Lipinski definition) is 11. The first-order chi connectivity index (χ1) is 23.4. The lowest BCUT2D eigenvalue weighted by atomic mass is 9.89. The van der Waals surface area contributed by atoms with Crippen molar-refractivity contribution in [2.24, 2.45) is 5.92 Å². The molecule has 2 aliphatic heterocycles. The van der Waals surface area contributed by atoms with Gasteiger partial charge in [0.15, 0.2) is 18.7 Å². The minimum absolute atomic E-state index is 0.0102. The van der Waals surface area contributed by atoms with Crippen LogP contribution in [-0.2, 0) is 67.2 Å². The minimum Gasteiger partial charge on any atom is -0.459 e. The lowest BCUT2D eigenvalue weighted by Gasteiger charge is -2.48. The molecule has 2 heterocycles. The number of carbonyl (C=O) groups excluding carboxylic acids is 1. The van der Waals surface area contributed by atoms with E-state index in [-0.39, 0.29) is 19.1 Å². The SMILES string of the molecule is COC1[C@H](O[C@H]2C(C)C(OCc3ccccc3)[C@@H](OC)O[C@@H]2COCc2ccccc2)OC(C(=O)OCc2ccccc2)[C@H](O)[C@H]1OC. The summed E-state index contributed by atoms with van der Waals surface area (Å²) in [7, 11) is 4.46. The van der Waals surface area contributed by atoms with Crippen LogP contribution in [0.25, 0.3) is 0 Å². The Labute approximate surface area is 281 Å². The van der Waals surface area contributed by atoms with Crippen LogP contribution < -0.4 is 0 Å². The molecule has 0 bridgehead atoms. The highest BCUT2D eigenvalue weighted by atomic mass is 16.8. The fraction of sp³-hybridized carbons (Fsp3) is 0.486. The van der Waals surface area contributed by atoms with Gasteiger partial charge in [0.25, 0.3) is 0 Å². The molecule has 260 valence electrons. The third-order valence-electron chi connectivity index (χ3n) is 8.70. The molecular weight excluding hydrogens is 620 g/mol. The molecule has 0 aromatic heterocycles. The summed E-state index contributed by atoms with van der Waals surface area (Å²) < 4.78 is 54.5. The van der Waals surface area contributed by atoms with E-state index in [4.69, 9.17) is 42.6 Å². The molecule has 4 unspecified atom stereocenters. The van der Waals surface area contributed by atoms with Crippen molar-refractivity contribution in [1.82, 2.24) is 0 Å². The molecule has 0 aliphatic carbocycles. The van der Waals surface area contributed by atoms with Gasteiger partial charge in [-0.1, -0.05) is 97.9 Å². The second kappa shape index (κ2) is 18.0. The zero-order valence-corrected chi connectivity index (χ0v) is 27.8. The molecule has 48 heavy (non-hydrogen) atoms. The van der Waals surface area contributed by atoms with Crippen molar-refractivity contribution in [3.63, 3.8) is 0 Å². The molecule has 1 N–H and O–H groups in total. The maximum absolute atomic E-state index is 13.3. The molecule has 11 heteroatoms. The van der Waals surface area contributed by atoms with E-state index in [2.05, 4.69) is 0 Å². The summed E-state index contributed by atoms with van der Waals surface area (Å²) in [6, 6.07) is 28.9. The first-order valence-electron chi connectivity index (χ1n) is 16.1. The number of rotatable bonds is 15. The zero-order chi connectivity index (χ0) is 33.9. The second-order valence-electron chi connectivity index (χ2n) is 11.9. The number of ether oxygens (including phenoxy) is 9. The van der Waals surface area contributed by atoms with Crippen molar-refractivity contribution < 1.29 is 52.5 Å². The van der Waals surface area contributed by atoms with Gasteiger partial charge in [-0.3, -0.25) is 0 Å². The summed E-state index contributed by atoms with van der Waals surface area (Å²) in [5.41, 5.74) is 2.80. The van der Waals surface area contributed by atoms with E-state index < -0.39 is 61.3 Å². The molecule has 10 atom stereocenters. The van der Waals surface area contributed by atoms with Gasteiger partial charge in [-0.05, 0) is 16.7 Å². The largest absolute Gasteiger partial charge is 0.459 e. The molecule has 2 aliphatic rings. The van der Waals surface area contributed by atoms with Crippen LogP contribution in [0.4, 0.5) is 0 Å². The Hall–Kier alpha value is -3.23. The summed E-state index contributed by atoms with van der Waals surface area (Å²) in [6.07, 6.45) is -8.35. The van der Waals surface area contributed by atoms with Crippen LogP contribution in [0.5, 0.6) is 0 Å². The van der Waals surface area contributed by atoms with Gasteiger partial charge in [-0.2, -0.15) is 0 Å². The predicted octanol–water partition coefficient (Wildman–Crippen LogP) is 4.04. The highest BCUT2D eigenvalue weighted by molar-refractivity contribution is 5.75. The van der Waals surface area contributed by atoms with E-state index in [1.54, 1.807) is 7.11 Å². The van der Waals surface area contributed by atoms with Crippen LogP contribution in [0.1, 0.15) is 23.6 Å². The van der Waals surface area contributed by atoms with Crippen LogP contribution in [-0.4, -0.2) is 94.3 Å². The first kappa shape index (κ1) is 36.1. The number of aliphatic hydroxyl groups is 1. The van der Waals surface area contributed by atoms with Crippen LogP contribution in [0.2, 0.25) is 0 Å². The number of hydrogen-bond donors (Lipinski definition) is 1. The molecule has 0 radical (unpaired) electrons. The van der Waals surface area contributed by atoms with Crippen molar-refractivity contribution >= 4 is 5.97 Å². The molecule has 11 nitrogen and oxygen atoms in total. The molecule has 5 rings (SSSR count). The fourth-order valence-electron chi connectivity index (χ4n) is 6.11. The normalized spacial score (nSPS) is 30.5. The number of carbonyl (C=O) groups is 1. The third-order valence-corrected chi connectivity index (χ3v) is 8.70. The Kier molecular flexibility index (Phi) is 13.5. The molecule has 3 aromatic rings. The lowest BCUT2D eigenvalue weighted by molar-refractivity contribution is -0.354. The molecule has 0 spiro atoms. The van der Waals surface area contributed by atoms with E-state index >= 15 is 0 Å². The van der Waals surface area contributed by atoms with E-state index in [1.807, 2.05) is 97.9 Å². The van der Waals surface area contributed by atoms with Gasteiger partial charge in [-0.25, -0.2) is 4.79 Å². The van der Waals surface area contributed by atoms with Gasteiger partial charge in [0.2, 0.25) is 0 Å². The summed E-state index contributed by atoms with van der Waals surface area (Å²) in [5.74, 6) is -1.06. The second-order valence-corrected chi connectivity index (χ2v) is 11.9. The number of esters is 1. The molecule has 0 saturated carbocycles. The smallest absolute Gasteiger partial charge is 0.338 e. The predicted molar refractivity (Wildman–Crippen MR) is 173 cm³/mol. The van der Waals surface area contributed by atoms with Gasteiger partial charge < -0.3 is 47.7 Å². The summed E-state index contributed by atoms with van der Waals surface area (Å²) in [5, 5.41) is 11.2. The van der Waals surface area contributed by atoms with Crippen molar-refractivity contribution in [3.8, 4) is 0 Å². The fourth-order valence-corrected chi connectivity index (χ4v) is 6.11.